The molecule has 0 radical (unpaired) electrons. The van der Waals surface area contributed by atoms with E-state index in [1.165, 1.54) is 19.9 Å². The van der Waals surface area contributed by atoms with Crippen LogP contribution in [0, 0.1) is 5.41 Å². The third kappa shape index (κ3) is 3.69. The van der Waals surface area contributed by atoms with Crippen molar-refractivity contribution in [2.24, 2.45) is 11.1 Å². The first-order valence-electron chi connectivity index (χ1n) is 5.44. The van der Waals surface area contributed by atoms with Gasteiger partial charge >= 0.3 is 6.18 Å². The van der Waals surface area contributed by atoms with Crippen LogP contribution in [-0.4, -0.2) is 10.9 Å². The van der Waals surface area contributed by atoms with E-state index in [0.717, 1.165) is 12.1 Å². The first-order valence-corrected chi connectivity index (χ1v) is 6.64. The minimum Gasteiger partial charge on any atom is -0.392 e. The highest BCUT2D eigenvalue weighted by molar-refractivity contribution is 9.10. The smallest absolute Gasteiger partial charge is 0.392 e. The normalized spacial score (nSPS) is 12.1. The van der Waals surface area contributed by atoms with Crippen LogP contribution in [0.1, 0.15) is 19.4 Å². The second kappa shape index (κ2) is 5.69. The molecular formula is C12H12BrF3N2OS. The summed E-state index contributed by atoms with van der Waals surface area (Å²) in [5.74, 6) is -0.579. The topological polar surface area (TPSA) is 55.1 Å². The second-order valence-electron chi connectivity index (χ2n) is 4.64. The minimum absolute atomic E-state index is 0.00847. The molecule has 0 aromatic heterocycles. The van der Waals surface area contributed by atoms with Crippen LogP contribution in [0.4, 0.5) is 18.9 Å². The number of anilines is 1. The molecule has 3 nitrogen and oxygen atoms in total. The largest absolute Gasteiger partial charge is 0.416 e. The molecule has 0 heterocycles. The summed E-state index contributed by atoms with van der Waals surface area (Å²) in [6.45, 7) is 2.98. The highest BCUT2D eigenvalue weighted by Gasteiger charge is 2.33. The number of rotatable bonds is 3. The van der Waals surface area contributed by atoms with Crippen molar-refractivity contribution in [3.05, 3.63) is 28.2 Å². The molecule has 0 fully saturated rings. The van der Waals surface area contributed by atoms with Crippen molar-refractivity contribution in [3.8, 4) is 0 Å². The Bertz CT molecular complexity index is 558. The maximum Gasteiger partial charge on any atom is 0.416 e. The standard InChI is InChI=1S/C12H12BrF3N2OS/c1-11(2,9(17)20)10(19)18-8-5-6(12(14,15)16)3-4-7(8)13/h3-5H,1-2H3,(H2,17,20)(H,18,19). The average molecular weight is 369 g/mol. The van der Waals surface area contributed by atoms with E-state index in [2.05, 4.69) is 21.2 Å². The van der Waals surface area contributed by atoms with Crippen LogP contribution in [0.2, 0.25) is 0 Å². The van der Waals surface area contributed by atoms with Crippen LogP contribution in [0.3, 0.4) is 0 Å². The van der Waals surface area contributed by atoms with Gasteiger partial charge in [-0.2, -0.15) is 13.2 Å². The summed E-state index contributed by atoms with van der Waals surface area (Å²) < 4.78 is 38.2. The number of halogens is 4. The number of thiocarbonyl (C=S) groups is 1. The van der Waals surface area contributed by atoms with Gasteiger partial charge in [-0.3, -0.25) is 4.79 Å². The monoisotopic (exact) mass is 368 g/mol. The van der Waals surface area contributed by atoms with Gasteiger partial charge in [-0.15, -0.1) is 0 Å². The summed E-state index contributed by atoms with van der Waals surface area (Å²) in [6.07, 6.45) is -4.49. The maximum atomic E-state index is 12.6. The van der Waals surface area contributed by atoms with Crippen molar-refractivity contribution in [1.29, 1.82) is 0 Å². The van der Waals surface area contributed by atoms with E-state index >= 15 is 0 Å². The Kier molecular flexibility index (Phi) is 4.81. The first-order chi connectivity index (χ1) is 8.96. The Morgan fingerprint density at radius 2 is 1.90 bits per heavy atom. The number of hydrogen-bond acceptors (Lipinski definition) is 2. The van der Waals surface area contributed by atoms with E-state index in [9.17, 15) is 18.0 Å². The predicted octanol–water partition coefficient (Wildman–Crippen LogP) is 3.72. The molecule has 0 bridgehead atoms. The fourth-order valence-electron chi connectivity index (χ4n) is 1.19. The molecule has 0 saturated carbocycles. The summed E-state index contributed by atoms with van der Waals surface area (Å²) in [5.41, 5.74) is 3.43. The third-order valence-electron chi connectivity index (χ3n) is 2.73. The molecule has 0 aliphatic carbocycles. The van der Waals surface area contributed by atoms with Crippen LogP contribution >= 0.6 is 28.1 Å². The Labute approximate surface area is 127 Å². The van der Waals surface area contributed by atoms with Gasteiger partial charge in [-0.1, -0.05) is 12.2 Å². The van der Waals surface area contributed by atoms with Crippen molar-refractivity contribution in [3.63, 3.8) is 0 Å². The quantitative estimate of drug-likeness (QED) is 0.799. The van der Waals surface area contributed by atoms with E-state index in [1.54, 1.807) is 0 Å². The van der Waals surface area contributed by atoms with Crippen molar-refractivity contribution in [2.45, 2.75) is 20.0 Å². The number of benzene rings is 1. The molecule has 8 heteroatoms. The van der Waals surface area contributed by atoms with Gasteiger partial charge in [0.2, 0.25) is 5.91 Å². The predicted molar refractivity (Wildman–Crippen MR) is 78.3 cm³/mol. The summed E-state index contributed by atoms with van der Waals surface area (Å²) in [4.78, 5) is 12.0. The molecule has 20 heavy (non-hydrogen) atoms. The molecule has 0 aliphatic rings. The number of nitrogens with two attached hydrogens (primary N) is 1. The van der Waals surface area contributed by atoms with Gasteiger partial charge < -0.3 is 11.1 Å². The van der Waals surface area contributed by atoms with Gasteiger partial charge in [0.1, 0.15) is 0 Å². The van der Waals surface area contributed by atoms with Crippen molar-refractivity contribution in [2.75, 3.05) is 5.32 Å². The molecule has 1 aromatic carbocycles. The second-order valence-corrected chi connectivity index (χ2v) is 5.93. The number of carbonyl (C=O) groups excluding carboxylic acids is 1. The van der Waals surface area contributed by atoms with Crippen molar-refractivity contribution < 1.29 is 18.0 Å². The minimum atomic E-state index is -4.49. The number of nitrogens with one attached hydrogen (secondary N) is 1. The lowest BCUT2D eigenvalue weighted by atomic mass is 9.92. The lowest BCUT2D eigenvalue weighted by Crippen LogP contribution is -2.41. The van der Waals surface area contributed by atoms with E-state index in [-0.39, 0.29) is 10.7 Å². The molecule has 0 spiro atoms. The highest BCUT2D eigenvalue weighted by atomic mass is 79.9. The van der Waals surface area contributed by atoms with Crippen LogP contribution in [0.5, 0.6) is 0 Å². The van der Waals surface area contributed by atoms with Gasteiger partial charge in [0, 0.05) is 4.47 Å². The molecule has 3 N–H and O–H groups in total. The first kappa shape index (κ1) is 16.9. The van der Waals surface area contributed by atoms with Gasteiger partial charge in [-0.05, 0) is 48.0 Å². The Balaban J connectivity index is 3.10. The Morgan fingerprint density at radius 3 is 2.35 bits per heavy atom. The summed E-state index contributed by atoms with van der Waals surface area (Å²) in [7, 11) is 0. The van der Waals surface area contributed by atoms with Crippen molar-refractivity contribution in [1.82, 2.24) is 0 Å². The summed E-state index contributed by atoms with van der Waals surface area (Å²) in [6, 6.07) is 2.97. The SMILES string of the molecule is CC(C)(C(=O)Nc1cc(C(F)(F)F)ccc1Br)C(N)=S. The Morgan fingerprint density at radius 1 is 1.35 bits per heavy atom. The van der Waals surface area contributed by atoms with Crippen molar-refractivity contribution >= 4 is 44.7 Å². The number of alkyl halides is 3. The summed E-state index contributed by atoms with van der Waals surface area (Å²) >= 11 is 7.85. The Hall–Kier alpha value is -1.15. The van der Waals surface area contributed by atoms with Gasteiger partial charge in [0.05, 0.1) is 21.7 Å². The molecule has 1 rings (SSSR count). The number of hydrogen-bond donors (Lipinski definition) is 2. The van der Waals surface area contributed by atoms with Crippen LogP contribution in [-0.2, 0) is 11.0 Å². The van der Waals surface area contributed by atoms with Gasteiger partial charge in [-0.25, -0.2) is 0 Å². The van der Waals surface area contributed by atoms with E-state index < -0.39 is 23.1 Å². The van der Waals surface area contributed by atoms with Gasteiger partial charge in [0.25, 0.3) is 0 Å². The zero-order chi connectivity index (χ0) is 15.7. The molecule has 1 aromatic rings. The zero-order valence-corrected chi connectivity index (χ0v) is 13.0. The molecule has 1 amide bonds. The molecule has 0 aliphatic heterocycles. The number of carbonyl (C=O) groups is 1. The lowest BCUT2D eigenvalue weighted by Gasteiger charge is -2.22. The molecular weight excluding hydrogens is 357 g/mol. The lowest BCUT2D eigenvalue weighted by molar-refractivity contribution is -0.137. The van der Waals surface area contributed by atoms with E-state index in [1.807, 2.05) is 0 Å². The summed E-state index contributed by atoms with van der Waals surface area (Å²) in [5, 5.41) is 2.39. The fourth-order valence-corrected chi connectivity index (χ4v) is 1.63. The average Bonchev–Trinajstić information content (AvgIpc) is 2.30. The fraction of sp³-hybridized carbons (Fsp3) is 0.333. The van der Waals surface area contributed by atoms with Crippen LogP contribution in [0.25, 0.3) is 0 Å². The molecule has 110 valence electrons. The van der Waals surface area contributed by atoms with Gasteiger partial charge in [0.15, 0.2) is 0 Å². The maximum absolute atomic E-state index is 12.6. The molecule has 0 atom stereocenters. The molecule has 0 unspecified atom stereocenters. The third-order valence-corrected chi connectivity index (χ3v) is 3.93. The zero-order valence-electron chi connectivity index (χ0n) is 10.6. The molecule has 0 saturated heterocycles. The van der Waals surface area contributed by atoms with E-state index in [0.29, 0.717) is 4.47 Å². The van der Waals surface area contributed by atoms with Crippen LogP contribution < -0.4 is 11.1 Å². The number of amides is 1. The van der Waals surface area contributed by atoms with E-state index in [4.69, 9.17) is 18.0 Å². The van der Waals surface area contributed by atoms with Crippen LogP contribution in [0.15, 0.2) is 22.7 Å². The highest BCUT2D eigenvalue weighted by Crippen LogP contribution is 2.34.